The number of hydrogen-bond donors (Lipinski definition) is 1. The lowest BCUT2D eigenvalue weighted by Gasteiger charge is -2.17. The second-order valence-electron chi connectivity index (χ2n) is 6.48. The van der Waals surface area contributed by atoms with Crippen molar-refractivity contribution in [2.75, 3.05) is 13.1 Å². The molecule has 2 aromatic carbocycles. The van der Waals surface area contributed by atoms with Gasteiger partial charge in [0, 0.05) is 48.2 Å². The summed E-state index contributed by atoms with van der Waals surface area (Å²) < 4.78 is 0. The first kappa shape index (κ1) is 15.6. The number of benzene rings is 2. The maximum atomic E-state index is 6.41. The van der Waals surface area contributed by atoms with Crippen LogP contribution >= 0.6 is 11.6 Å². The van der Waals surface area contributed by atoms with Gasteiger partial charge in [0.25, 0.3) is 0 Å². The Kier molecular flexibility index (Phi) is 4.23. The zero-order valence-electron chi connectivity index (χ0n) is 13.4. The smallest absolute Gasteiger partial charge is 0.0761 e. The van der Waals surface area contributed by atoms with Crippen molar-refractivity contribution < 1.29 is 0 Å². The van der Waals surface area contributed by atoms with E-state index in [2.05, 4.69) is 40.2 Å². The van der Waals surface area contributed by atoms with Gasteiger partial charge >= 0.3 is 0 Å². The van der Waals surface area contributed by atoms with Crippen LogP contribution in [0.3, 0.4) is 0 Å². The number of aromatic nitrogens is 1. The monoisotopic (exact) mass is 337 g/mol. The minimum atomic E-state index is 0.166. The van der Waals surface area contributed by atoms with Crippen LogP contribution < -0.4 is 5.73 Å². The lowest BCUT2D eigenvalue weighted by molar-refractivity contribution is 0.325. The third-order valence-corrected chi connectivity index (χ3v) is 5.19. The van der Waals surface area contributed by atoms with E-state index in [1.54, 1.807) is 0 Å². The molecule has 4 rings (SSSR count). The molecular weight excluding hydrogens is 318 g/mol. The summed E-state index contributed by atoms with van der Waals surface area (Å²) in [5.74, 6) is 0.387. The van der Waals surface area contributed by atoms with E-state index in [0.29, 0.717) is 5.92 Å². The molecule has 1 aliphatic rings. The molecule has 3 nitrogen and oxygen atoms in total. The highest BCUT2D eigenvalue weighted by molar-refractivity contribution is 6.35. The Morgan fingerprint density at radius 2 is 1.88 bits per heavy atom. The average Bonchev–Trinajstić information content (AvgIpc) is 2.99. The molecule has 0 bridgehead atoms. The Morgan fingerprint density at radius 3 is 2.71 bits per heavy atom. The predicted molar refractivity (Wildman–Crippen MR) is 99.2 cm³/mol. The summed E-state index contributed by atoms with van der Waals surface area (Å²) in [5.41, 5.74) is 9.93. The molecule has 122 valence electrons. The first-order valence-corrected chi connectivity index (χ1v) is 8.65. The van der Waals surface area contributed by atoms with Gasteiger partial charge in [0.15, 0.2) is 0 Å². The van der Waals surface area contributed by atoms with E-state index in [9.17, 15) is 0 Å². The summed E-state index contributed by atoms with van der Waals surface area (Å²) in [6, 6.07) is 18.7. The van der Waals surface area contributed by atoms with E-state index in [-0.39, 0.29) is 6.04 Å². The first-order valence-electron chi connectivity index (χ1n) is 8.27. The molecule has 1 fully saturated rings. The highest BCUT2D eigenvalue weighted by Gasteiger charge is 2.31. The van der Waals surface area contributed by atoms with Crippen molar-refractivity contribution in [3.05, 3.63) is 76.9 Å². The van der Waals surface area contributed by atoms with Gasteiger partial charge in [-0.05, 0) is 29.3 Å². The summed E-state index contributed by atoms with van der Waals surface area (Å²) in [5, 5.41) is 1.77. The second-order valence-corrected chi connectivity index (χ2v) is 6.89. The molecule has 4 heteroatoms. The van der Waals surface area contributed by atoms with Crippen LogP contribution in [-0.4, -0.2) is 29.0 Å². The Bertz CT molecular complexity index is 850. The van der Waals surface area contributed by atoms with E-state index >= 15 is 0 Å². The molecule has 0 amide bonds. The van der Waals surface area contributed by atoms with E-state index in [0.717, 1.165) is 35.6 Å². The highest BCUT2D eigenvalue weighted by Crippen LogP contribution is 2.30. The number of pyridine rings is 1. The molecule has 1 aliphatic heterocycles. The molecule has 0 saturated carbocycles. The molecule has 2 N–H and O–H groups in total. The molecule has 0 spiro atoms. The largest absolute Gasteiger partial charge is 0.326 e. The van der Waals surface area contributed by atoms with Crippen LogP contribution in [0, 0.1) is 0 Å². The van der Waals surface area contributed by atoms with Crippen LogP contribution in [0.15, 0.2) is 60.8 Å². The van der Waals surface area contributed by atoms with Gasteiger partial charge in [-0.1, -0.05) is 48.0 Å². The Labute approximate surface area is 147 Å². The number of halogens is 1. The van der Waals surface area contributed by atoms with Gasteiger partial charge in [0.1, 0.15) is 0 Å². The number of hydrogen-bond acceptors (Lipinski definition) is 3. The summed E-state index contributed by atoms with van der Waals surface area (Å²) in [7, 11) is 0. The van der Waals surface area contributed by atoms with Crippen LogP contribution in [0.4, 0.5) is 0 Å². The minimum Gasteiger partial charge on any atom is -0.326 e. The van der Waals surface area contributed by atoms with Crippen molar-refractivity contribution in [3.63, 3.8) is 0 Å². The predicted octanol–water partition coefficient (Wildman–Crippen LogP) is 3.81. The lowest BCUT2D eigenvalue weighted by Crippen LogP contribution is -2.28. The SMILES string of the molecule is N[C@@H]1CN(Cc2ccc(Cl)c3cccnc23)C[C@H]1c1ccccc1. The van der Waals surface area contributed by atoms with Crippen LogP contribution in [0.5, 0.6) is 0 Å². The molecule has 24 heavy (non-hydrogen) atoms. The molecule has 0 radical (unpaired) electrons. The number of rotatable bonds is 3. The summed E-state index contributed by atoms with van der Waals surface area (Å²) in [4.78, 5) is 6.95. The van der Waals surface area contributed by atoms with Crippen molar-refractivity contribution in [2.24, 2.45) is 5.73 Å². The maximum Gasteiger partial charge on any atom is 0.0761 e. The van der Waals surface area contributed by atoms with Gasteiger partial charge in [-0.2, -0.15) is 0 Å². The number of fused-ring (bicyclic) bond motifs is 1. The second kappa shape index (κ2) is 6.52. The third kappa shape index (κ3) is 2.91. The quantitative estimate of drug-likeness (QED) is 0.790. The standard InChI is InChI=1S/C20H20ClN3/c21-18-9-8-15(20-16(18)7-4-10-23-20)11-24-12-17(19(22)13-24)14-5-2-1-3-6-14/h1-10,17,19H,11-13,22H2/t17-,19+/m0/s1. The van der Waals surface area contributed by atoms with Gasteiger partial charge in [0.2, 0.25) is 0 Å². The van der Waals surface area contributed by atoms with Crippen molar-refractivity contribution >= 4 is 22.5 Å². The highest BCUT2D eigenvalue weighted by atomic mass is 35.5. The Morgan fingerprint density at radius 1 is 1.04 bits per heavy atom. The Hall–Kier alpha value is -1.94. The molecule has 3 aromatic rings. The normalized spacial score (nSPS) is 21.4. The van der Waals surface area contributed by atoms with Crippen LogP contribution in [0.2, 0.25) is 5.02 Å². The van der Waals surface area contributed by atoms with Gasteiger partial charge < -0.3 is 5.73 Å². The van der Waals surface area contributed by atoms with E-state index < -0.39 is 0 Å². The minimum absolute atomic E-state index is 0.166. The van der Waals surface area contributed by atoms with E-state index in [1.165, 1.54) is 11.1 Å². The molecule has 2 heterocycles. The van der Waals surface area contributed by atoms with Gasteiger partial charge in [-0.25, -0.2) is 0 Å². The summed E-state index contributed by atoms with van der Waals surface area (Å²) >= 11 is 6.30. The van der Waals surface area contributed by atoms with Gasteiger partial charge in [-0.15, -0.1) is 0 Å². The summed E-state index contributed by atoms with van der Waals surface area (Å²) in [6.45, 7) is 2.72. The molecule has 0 aliphatic carbocycles. The maximum absolute atomic E-state index is 6.41. The van der Waals surface area contributed by atoms with E-state index in [4.69, 9.17) is 17.3 Å². The van der Waals surface area contributed by atoms with Gasteiger partial charge in [-0.3, -0.25) is 9.88 Å². The fourth-order valence-electron chi connectivity index (χ4n) is 3.66. The molecule has 0 unspecified atom stereocenters. The fraction of sp³-hybridized carbons (Fsp3) is 0.250. The average molecular weight is 338 g/mol. The molecule has 2 atom stereocenters. The summed E-state index contributed by atoms with van der Waals surface area (Å²) in [6.07, 6.45) is 1.82. The first-order chi connectivity index (χ1) is 11.7. The topological polar surface area (TPSA) is 42.1 Å². The van der Waals surface area contributed by atoms with Crippen LogP contribution in [0.25, 0.3) is 10.9 Å². The third-order valence-electron chi connectivity index (χ3n) is 4.86. The molecule has 1 saturated heterocycles. The van der Waals surface area contributed by atoms with Gasteiger partial charge in [0.05, 0.1) is 5.52 Å². The lowest BCUT2D eigenvalue weighted by atomic mass is 9.95. The number of nitrogens with zero attached hydrogens (tertiary/aromatic N) is 2. The van der Waals surface area contributed by atoms with Crippen molar-refractivity contribution in [1.29, 1.82) is 0 Å². The van der Waals surface area contributed by atoms with Crippen LogP contribution in [0.1, 0.15) is 17.0 Å². The number of likely N-dealkylation sites (tertiary alicyclic amines) is 1. The van der Waals surface area contributed by atoms with Crippen LogP contribution in [-0.2, 0) is 6.54 Å². The molecular formula is C20H20ClN3. The Balaban J connectivity index is 1.58. The molecule has 1 aromatic heterocycles. The van der Waals surface area contributed by atoms with Crippen molar-refractivity contribution in [2.45, 2.75) is 18.5 Å². The fourth-order valence-corrected chi connectivity index (χ4v) is 3.88. The van der Waals surface area contributed by atoms with Crippen molar-refractivity contribution in [3.8, 4) is 0 Å². The zero-order chi connectivity index (χ0) is 16.5. The number of nitrogens with two attached hydrogens (primary N) is 1. The zero-order valence-corrected chi connectivity index (χ0v) is 14.2. The van der Waals surface area contributed by atoms with Crippen molar-refractivity contribution in [1.82, 2.24) is 9.88 Å². The van der Waals surface area contributed by atoms with E-state index in [1.807, 2.05) is 30.5 Å².